The van der Waals surface area contributed by atoms with Crippen molar-refractivity contribution in [1.82, 2.24) is 25.1 Å². The molecule has 0 radical (unpaired) electrons. The number of benzene rings is 1. The number of amides is 2. The molecular weight excluding hydrogens is 461 g/mol. The maximum absolute atomic E-state index is 13.4. The molecule has 2 amide bonds. The van der Waals surface area contributed by atoms with Crippen LogP contribution in [0, 0.1) is 0 Å². The van der Waals surface area contributed by atoms with Gasteiger partial charge < -0.3 is 20.4 Å². The molecule has 190 valence electrons. The Balaban J connectivity index is 1.51. The number of anilines is 1. The summed E-state index contributed by atoms with van der Waals surface area (Å²) in [6, 6.07) is 3.06. The van der Waals surface area contributed by atoms with E-state index in [1.807, 2.05) is 0 Å². The summed E-state index contributed by atoms with van der Waals surface area (Å²) in [4.78, 5) is 37.0. The van der Waals surface area contributed by atoms with Crippen molar-refractivity contribution in [3.8, 4) is 0 Å². The second-order valence-corrected chi connectivity index (χ2v) is 9.65. The van der Waals surface area contributed by atoms with Gasteiger partial charge in [-0.25, -0.2) is 9.97 Å². The highest BCUT2D eigenvalue weighted by Gasteiger charge is 2.42. The van der Waals surface area contributed by atoms with E-state index < -0.39 is 17.8 Å². The molecule has 11 heteroatoms. The number of rotatable bonds is 7. The molecule has 35 heavy (non-hydrogen) atoms. The van der Waals surface area contributed by atoms with Crippen LogP contribution in [0.25, 0.3) is 10.9 Å². The van der Waals surface area contributed by atoms with Crippen molar-refractivity contribution in [2.45, 2.75) is 75.9 Å². The number of likely N-dealkylation sites (tertiary alicyclic amines) is 1. The molecular formula is C24H31F3N6O2. The van der Waals surface area contributed by atoms with Gasteiger partial charge in [-0.3, -0.25) is 9.59 Å². The first kappa shape index (κ1) is 25.2. The zero-order valence-corrected chi connectivity index (χ0v) is 20.0. The molecule has 2 aromatic rings. The number of nitrogens with one attached hydrogen (secondary N) is 2. The molecule has 4 rings (SSSR count). The summed E-state index contributed by atoms with van der Waals surface area (Å²) in [5.74, 6) is 0.0632. The second-order valence-electron chi connectivity index (χ2n) is 9.65. The third-order valence-electron chi connectivity index (χ3n) is 7.37. The minimum Gasteiger partial charge on any atom is -0.358 e. The van der Waals surface area contributed by atoms with Gasteiger partial charge >= 0.3 is 6.18 Å². The summed E-state index contributed by atoms with van der Waals surface area (Å²) in [5, 5.41) is 6.19. The standard InChI is InChI=1S/C24H31F3N6O2/c1-14(2)32(3)16-5-7-21(20(11-16)30-13-34)33-9-8-19(23(33)35)31-22-17-10-15(24(25,26)27)4-6-18(17)28-12-29-22/h4,6,10,12-14,16,19-21H,5,7-9,11H2,1-3H3,(H,30,34)(H,28,29,31)/t16?,19-,20+,21-/m0/s1. The Labute approximate surface area is 202 Å². The number of hydrogen-bond acceptors (Lipinski definition) is 6. The van der Waals surface area contributed by atoms with E-state index in [4.69, 9.17) is 0 Å². The highest BCUT2D eigenvalue weighted by atomic mass is 19.4. The third kappa shape index (κ3) is 5.19. The summed E-state index contributed by atoms with van der Waals surface area (Å²) in [6.45, 7) is 4.76. The second kappa shape index (κ2) is 9.96. The van der Waals surface area contributed by atoms with Crippen LogP contribution in [0.2, 0.25) is 0 Å². The van der Waals surface area contributed by atoms with Gasteiger partial charge in [-0.15, -0.1) is 0 Å². The van der Waals surface area contributed by atoms with E-state index in [-0.39, 0.29) is 29.2 Å². The summed E-state index contributed by atoms with van der Waals surface area (Å²) in [6.07, 6.45) is 0.374. The molecule has 4 atom stereocenters. The van der Waals surface area contributed by atoms with E-state index >= 15 is 0 Å². The molecule has 2 fully saturated rings. The Morgan fingerprint density at radius 3 is 2.66 bits per heavy atom. The first-order valence-corrected chi connectivity index (χ1v) is 11.9. The molecule has 1 aromatic heterocycles. The Morgan fingerprint density at radius 1 is 1.20 bits per heavy atom. The minimum absolute atomic E-state index is 0.129. The molecule has 2 heterocycles. The Bertz CT molecular complexity index is 1080. The highest BCUT2D eigenvalue weighted by Crippen LogP contribution is 2.34. The van der Waals surface area contributed by atoms with Gasteiger partial charge in [-0.2, -0.15) is 13.2 Å². The van der Waals surface area contributed by atoms with Crippen molar-refractivity contribution in [2.24, 2.45) is 0 Å². The maximum atomic E-state index is 13.4. The number of carbonyl (C=O) groups is 2. The topological polar surface area (TPSA) is 90.5 Å². The molecule has 1 aliphatic heterocycles. The van der Waals surface area contributed by atoms with Crippen LogP contribution >= 0.6 is 0 Å². The minimum atomic E-state index is -4.50. The van der Waals surface area contributed by atoms with Crippen molar-refractivity contribution in [1.29, 1.82) is 0 Å². The number of aromatic nitrogens is 2. The van der Waals surface area contributed by atoms with Crippen LogP contribution < -0.4 is 10.6 Å². The van der Waals surface area contributed by atoms with Crippen molar-refractivity contribution in [3.05, 3.63) is 30.1 Å². The van der Waals surface area contributed by atoms with Gasteiger partial charge in [-0.05, 0) is 64.8 Å². The van der Waals surface area contributed by atoms with E-state index in [1.54, 1.807) is 4.90 Å². The van der Waals surface area contributed by atoms with Gasteiger partial charge in [0, 0.05) is 24.0 Å². The van der Waals surface area contributed by atoms with Crippen LogP contribution in [0.15, 0.2) is 24.5 Å². The number of hydrogen-bond donors (Lipinski definition) is 2. The van der Waals surface area contributed by atoms with E-state index in [2.05, 4.69) is 46.4 Å². The number of nitrogens with zero attached hydrogens (tertiary/aromatic N) is 4. The van der Waals surface area contributed by atoms with Gasteiger partial charge in [-0.1, -0.05) is 0 Å². The molecule has 1 aliphatic carbocycles. The normalized spacial score (nSPS) is 25.5. The lowest BCUT2D eigenvalue weighted by Gasteiger charge is -2.44. The lowest BCUT2D eigenvalue weighted by Crippen LogP contribution is -2.57. The fourth-order valence-corrected chi connectivity index (χ4v) is 5.24. The quantitative estimate of drug-likeness (QED) is 0.578. The molecule has 1 saturated heterocycles. The summed E-state index contributed by atoms with van der Waals surface area (Å²) >= 11 is 0. The smallest absolute Gasteiger partial charge is 0.358 e. The van der Waals surface area contributed by atoms with E-state index in [0.29, 0.717) is 37.0 Å². The zero-order chi connectivity index (χ0) is 25.3. The van der Waals surface area contributed by atoms with Gasteiger partial charge in [0.05, 0.1) is 23.2 Å². The van der Waals surface area contributed by atoms with Gasteiger partial charge in [0.1, 0.15) is 18.2 Å². The van der Waals surface area contributed by atoms with Gasteiger partial charge in [0.25, 0.3) is 0 Å². The fraction of sp³-hybridized carbons (Fsp3) is 0.583. The highest BCUT2D eigenvalue weighted by molar-refractivity contribution is 5.93. The Morgan fingerprint density at radius 2 is 1.97 bits per heavy atom. The van der Waals surface area contributed by atoms with Crippen LogP contribution in [-0.4, -0.2) is 75.9 Å². The Hall–Kier alpha value is -2.95. The van der Waals surface area contributed by atoms with Crippen molar-refractivity contribution in [3.63, 3.8) is 0 Å². The molecule has 0 spiro atoms. The van der Waals surface area contributed by atoms with Crippen molar-refractivity contribution in [2.75, 3.05) is 18.9 Å². The summed E-state index contributed by atoms with van der Waals surface area (Å²) in [5.41, 5.74) is -0.436. The van der Waals surface area contributed by atoms with Gasteiger partial charge in [0.2, 0.25) is 12.3 Å². The van der Waals surface area contributed by atoms with E-state index in [9.17, 15) is 22.8 Å². The molecule has 1 aromatic carbocycles. The predicted molar refractivity (Wildman–Crippen MR) is 126 cm³/mol. The molecule has 8 nitrogen and oxygen atoms in total. The maximum Gasteiger partial charge on any atom is 0.416 e. The molecule has 2 N–H and O–H groups in total. The SMILES string of the molecule is CC(C)N(C)C1CC[C@H](N2CC[C@H](Nc3ncnc4ccc(C(F)(F)F)cc34)C2=O)[C@H](NC=O)C1. The Kier molecular flexibility index (Phi) is 7.16. The largest absolute Gasteiger partial charge is 0.416 e. The van der Waals surface area contributed by atoms with Crippen LogP contribution in [0.4, 0.5) is 19.0 Å². The van der Waals surface area contributed by atoms with Crippen LogP contribution in [-0.2, 0) is 15.8 Å². The first-order chi connectivity index (χ1) is 16.6. The molecule has 2 aliphatic rings. The summed E-state index contributed by atoms with van der Waals surface area (Å²) in [7, 11) is 2.07. The van der Waals surface area contributed by atoms with Crippen LogP contribution in [0.5, 0.6) is 0 Å². The van der Waals surface area contributed by atoms with Crippen LogP contribution in [0.1, 0.15) is 45.1 Å². The average molecular weight is 493 g/mol. The number of fused-ring (bicyclic) bond motifs is 1. The number of alkyl halides is 3. The zero-order valence-electron chi connectivity index (χ0n) is 20.0. The van der Waals surface area contributed by atoms with Crippen molar-refractivity contribution < 1.29 is 22.8 Å². The predicted octanol–water partition coefficient (Wildman–Crippen LogP) is 3.04. The fourth-order valence-electron chi connectivity index (χ4n) is 5.24. The lowest BCUT2D eigenvalue weighted by atomic mass is 9.84. The first-order valence-electron chi connectivity index (χ1n) is 11.9. The molecule has 0 bridgehead atoms. The number of carbonyl (C=O) groups excluding carboxylic acids is 2. The lowest BCUT2D eigenvalue weighted by molar-refractivity contribution is -0.137. The van der Waals surface area contributed by atoms with E-state index in [1.165, 1.54) is 12.4 Å². The average Bonchev–Trinajstić information content (AvgIpc) is 3.17. The van der Waals surface area contributed by atoms with Crippen LogP contribution in [0.3, 0.4) is 0 Å². The molecule has 1 unspecified atom stereocenters. The third-order valence-corrected chi connectivity index (χ3v) is 7.37. The molecule has 1 saturated carbocycles. The van der Waals surface area contributed by atoms with E-state index in [0.717, 1.165) is 31.4 Å². The monoisotopic (exact) mass is 492 g/mol. The number of halogens is 3. The van der Waals surface area contributed by atoms with Crippen molar-refractivity contribution >= 4 is 29.0 Å². The van der Waals surface area contributed by atoms with Gasteiger partial charge in [0.15, 0.2) is 0 Å². The summed E-state index contributed by atoms with van der Waals surface area (Å²) < 4.78 is 39.7.